The van der Waals surface area contributed by atoms with Gasteiger partial charge in [-0.3, -0.25) is 0 Å². The van der Waals surface area contributed by atoms with Gasteiger partial charge in [-0.1, -0.05) is 47.8 Å². The van der Waals surface area contributed by atoms with Crippen molar-refractivity contribution in [3.05, 3.63) is 33.3 Å². The van der Waals surface area contributed by atoms with Gasteiger partial charge in [0.05, 0.1) is 12.7 Å². The molecule has 0 spiro atoms. The molecule has 2 nitrogen and oxygen atoms in total. The van der Waals surface area contributed by atoms with Gasteiger partial charge in [0.2, 0.25) is 0 Å². The van der Waals surface area contributed by atoms with E-state index in [1.165, 1.54) is 7.11 Å². The lowest BCUT2D eigenvalue weighted by Crippen LogP contribution is -2.07. The average molecular weight is 401 g/mol. The Morgan fingerprint density at radius 3 is 2.47 bits per heavy atom. The van der Waals surface area contributed by atoms with Gasteiger partial charge in [-0.25, -0.2) is 4.79 Å². The van der Waals surface area contributed by atoms with Crippen molar-refractivity contribution in [2.24, 2.45) is 0 Å². The number of ether oxygens (including phenoxy) is 1. The van der Waals surface area contributed by atoms with E-state index in [0.717, 1.165) is 15.6 Å². The van der Waals surface area contributed by atoms with Gasteiger partial charge in [0.25, 0.3) is 0 Å². The van der Waals surface area contributed by atoms with E-state index in [1.807, 2.05) is 6.07 Å². The molecule has 1 aromatic carbocycles. The predicted molar refractivity (Wildman–Crippen MR) is 70.7 cm³/mol. The summed E-state index contributed by atoms with van der Waals surface area (Å²) in [5.74, 6) is -0.312. The van der Waals surface area contributed by atoms with E-state index in [4.69, 9.17) is 4.74 Å². The van der Waals surface area contributed by atoms with Crippen LogP contribution in [-0.4, -0.2) is 13.1 Å². The second-order valence-corrected chi connectivity index (χ2v) is 4.89. The molecule has 1 aromatic rings. The Bertz CT molecular complexity index is 377. The van der Waals surface area contributed by atoms with E-state index in [2.05, 4.69) is 47.8 Å². The number of hydrogen-bond acceptors (Lipinski definition) is 2. The zero-order valence-corrected chi connectivity index (χ0v) is 12.8. The average Bonchev–Trinajstić information content (AvgIpc) is 2.26. The van der Waals surface area contributed by atoms with Crippen LogP contribution in [0.25, 0.3) is 0 Å². The van der Waals surface area contributed by atoms with Gasteiger partial charge in [-0.2, -0.15) is 0 Å². The maximum Gasteiger partial charge on any atom is 0.338 e. The van der Waals surface area contributed by atoms with Gasteiger partial charge in [0, 0.05) is 15.1 Å². The third kappa shape index (κ3) is 3.04. The summed E-state index contributed by atoms with van der Waals surface area (Å²) in [4.78, 5) is 11.5. The normalized spacial score (nSPS) is 10.1. The number of carbonyl (C=O) groups is 1. The predicted octanol–water partition coefficient (Wildman–Crippen LogP) is 4.03. The monoisotopic (exact) mass is 398 g/mol. The number of methoxy groups -OCH3 is 1. The minimum Gasteiger partial charge on any atom is -0.465 e. The van der Waals surface area contributed by atoms with Crippen molar-refractivity contribution >= 4 is 53.8 Å². The second-order valence-electron chi connectivity index (χ2n) is 2.85. The summed E-state index contributed by atoms with van der Waals surface area (Å²) in [7, 11) is 1.38. The molecule has 0 heterocycles. The second kappa shape index (κ2) is 6.01. The first-order valence-electron chi connectivity index (χ1n) is 4.15. The molecule has 0 aliphatic rings. The highest BCUT2D eigenvalue weighted by molar-refractivity contribution is 9.10. The first-order chi connectivity index (χ1) is 7.13. The number of alkyl halides is 2. The molecule has 0 unspecified atom stereocenters. The third-order valence-corrected chi connectivity index (χ3v) is 3.61. The number of benzene rings is 1. The number of hydrogen-bond donors (Lipinski definition) is 0. The number of carbonyl (C=O) groups excluding carboxylic acids is 1. The van der Waals surface area contributed by atoms with Crippen molar-refractivity contribution < 1.29 is 9.53 Å². The lowest BCUT2D eigenvalue weighted by Gasteiger charge is -2.10. The highest BCUT2D eigenvalue weighted by atomic mass is 79.9. The number of rotatable bonds is 3. The fourth-order valence-corrected chi connectivity index (χ4v) is 2.93. The van der Waals surface area contributed by atoms with Gasteiger partial charge in [0.1, 0.15) is 0 Å². The van der Waals surface area contributed by atoms with Gasteiger partial charge in [-0.05, 0) is 23.3 Å². The van der Waals surface area contributed by atoms with E-state index in [9.17, 15) is 4.79 Å². The molecule has 0 atom stereocenters. The van der Waals surface area contributed by atoms with E-state index in [0.29, 0.717) is 16.2 Å². The van der Waals surface area contributed by atoms with Crippen LogP contribution in [0, 0.1) is 0 Å². The molecule has 0 saturated carbocycles. The van der Waals surface area contributed by atoms with E-state index in [1.54, 1.807) is 6.07 Å². The first-order valence-corrected chi connectivity index (χ1v) is 7.19. The summed E-state index contributed by atoms with van der Waals surface area (Å²) < 4.78 is 5.61. The topological polar surface area (TPSA) is 26.3 Å². The highest BCUT2D eigenvalue weighted by Crippen LogP contribution is 2.26. The van der Waals surface area contributed by atoms with Crippen LogP contribution in [0.5, 0.6) is 0 Å². The van der Waals surface area contributed by atoms with Gasteiger partial charge in [0.15, 0.2) is 0 Å². The molecule has 15 heavy (non-hydrogen) atoms. The SMILES string of the molecule is COC(=O)c1cc(Br)cc(CBr)c1CBr. The summed E-state index contributed by atoms with van der Waals surface area (Å²) in [6.07, 6.45) is 0. The molecule has 0 aromatic heterocycles. The van der Waals surface area contributed by atoms with Crippen molar-refractivity contribution in [3.8, 4) is 0 Å². The molecule has 0 N–H and O–H groups in total. The molecular weight excluding hydrogens is 392 g/mol. The van der Waals surface area contributed by atoms with E-state index >= 15 is 0 Å². The van der Waals surface area contributed by atoms with Crippen LogP contribution in [0.3, 0.4) is 0 Å². The van der Waals surface area contributed by atoms with Crippen molar-refractivity contribution in [2.45, 2.75) is 10.7 Å². The van der Waals surface area contributed by atoms with Gasteiger partial charge >= 0.3 is 5.97 Å². The quantitative estimate of drug-likeness (QED) is 0.565. The summed E-state index contributed by atoms with van der Waals surface area (Å²) in [6.45, 7) is 0. The maximum absolute atomic E-state index is 11.5. The standard InChI is InChI=1S/C10H9Br3O2/c1-15-10(14)8-3-7(13)2-6(4-11)9(8)5-12/h2-3H,4-5H2,1H3. The van der Waals surface area contributed by atoms with Crippen molar-refractivity contribution in [3.63, 3.8) is 0 Å². The smallest absolute Gasteiger partial charge is 0.338 e. The largest absolute Gasteiger partial charge is 0.465 e. The van der Waals surface area contributed by atoms with Crippen LogP contribution >= 0.6 is 47.8 Å². The van der Waals surface area contributed by atoms with Crippen LogP contribution in [0.2, 0.25) is 0 Å². The molecule has 0 amide bonds. The molecule has 1 rings (SSSR count). The highest BCUT2D eigenvalue weighted by Gasteiger charge is 2.15. The first kappa shape index (κ1) is 13.2. The molecule has 0 radical (unpaired) electrons. The summed E-state index contributed by atoms with van der Waals surface area (Å²) in [5.41, 5.74) is 2.63. The maximum atomic E-state index is 11.5. The molecule has 5 heteroatoms. The number of esters is 1. The van der Waals surface area contributed by atoms with Gasteiger partial charge < -0.3 is 4.74 Å². The molecule has 82 valence electrons. The Balaban J connectivity index is 3.35. The number of halogens is 3. The van der Waals surface area contributed by atoms with Crippen LogP contribution in [0.4, 0.5) is 0 Å². The summed E-state index contributed by atoms with van der Waals surface area (Å²) >= 11 is 10.1. The fourth-order valence-electron chi connectivity index (χ4n) is 1.26. The van der Waals surface area contributed by atoms with Crippen LogP contribution in [0.1, 0.15) is 21.5 Å². The van der Waals surface area contributed by atoms with Crippen LogP contribution in [0.15, 0.2) is 16.6 Å². The van der Waals surface area contributed by atoms with Crippen molar-refractivity contribution in [2.75, 3.05) is 7.11 Å². The Morgan fingerprint density at radius 1 is 1.33 bits per heavy atom. The van der Waals surface area contributed by atoms with E-state index < -0.39 is 0 Å². The zero-order valence-electron chi connectivity index (χ0n) is 8.02. The summed E-state index contributed by atoms with van der Waals surface area (Å²) in [5, 5.41) is 1.34. The lowest BCUT2D eigenvalue weighted by molar-refractivity contribution is 0.0599. The minimum absolute atomic E-state index is 0.312. The van der Waals surface area contributed by atoms with Gasteiger partial charge in [-0.15, -0.1) is 0 Å². The molecule has 0 aliphatic heterocycles. The third-order valence-electron chi connectivity index (χ3n) is 1.99. The summed E-state index contributed by atoms with van der Waals surface area (Å²) in [6, 6.07) is 3.76. The van der Waals surface area contributed by atoms with Crippen molar-refractivity contribution in [1.29, 1.82) is 0 Å². The molecule has 0 bridgehead atoms. The Morgan fingerprint density at radius 2 is 2.00 bits per heavy atom. The molecule has 0 aliphatic carbocycles. The Kier molecular flexibility index (Phi) is 5.29. The van der Waals surface area contributed by atoms with Crippen LogP contribution in [-0.2, 0) is 15.4 Å². The molecule has 0 fully saturated rings. The fraction of sp³-hybridized carbons (Fsp3) is 0.300. The Hall–Kier alpha value is 0.130. The minimum atomic E-state index is -0.312. The molecular formula is C10H9Br3O2. The lowest BCUT2D eigenvalue weighted by atomic mass is 10.0. The molecule has 0 saturated heterocycles. The van der Waals surface area contributed by atoms with E-state index in [-0.39, 0.29) is 5.97 Å². The Labute approximate surface area is 114 Å². The van der Waals surface area contributed by atoms with Crippen LogP contribution < -0.4 is 0 Å². The zero-order chi connectivity index (χ0) is 11.4. The van der Waals surface area contributed by atoms with Crippen molar-refractivity contribution in [1.82, 2.24) is 0 Å².